The van der Waals surface area contributed by atoms with Gasteiger partial charge in [-0.3, -0.25) is 0 Å². The summed E-state index contributed by atoms with van der Waals surface area (Å²) in [6.45, 7) is 0. The molecule has 0 saturated heterocycles. The highest BCUT2D eigenvalue weighted by Crippen LogP contribution is 2.38. The molecular weight excluding hydrogens is 288 g/mol. The van der Waals surface area contributed by atoms with Crippen LogP contribution in [0, 0.1) is 0 Å². The molecule has 0 amide bonds. The molecule has 1 N–H and O–H groups in total. The summed E-state index contributed by atoms with van der Waals surface area (Å²) < 4.78 is 1.06. The number of hydrogen-bond acceptors (Lipinski definition) is 1. The Labute approximate surface area is 115 Å². The summed E-state index contributed by atoms with van der Waals surface area (Å²) in [5, 5.41) is 10.5. The zero-order chi connectivity index (χ0) is 12.5. The molecule has 2 aromatic rings. The molecule has 0 aromatic heterocycles. The van der Waals surface area contributed by atoms with Gasteiger partial charge in [-0.1, -0.05) is 64.5 Å². The Morgan fingerprint density at radius 2 is 1.67 bits per heavy atom. The highest BCUT2D eigenvalue weighted by Gasteiger charge is 2.24. The maximum absolute atomic E-state index is 10.5. The Bertz CT molecular complexity index is 586. The summed E-state index contributed by atoms with van der Waals surface area (Å²) in [6.07, 6.45) is 3.71. The van der Waals surface area contributed by atoms with E-state index in [4.69, 9.17) is 0 Å². The summed E-state index contributed by atoms with van der Waals surface area (Å²) in [5.41, 5.74) is 3.25. The van der Waals surface area contributed by atoms with Crippen LogP contribution in [0.1, 0.15) is 28.7 Å². The molecule has 1 unspecified atom stereocenters. The van der Waals surface area contributed by atoms with E-state index in [1.807, 2.05) is 36.4 Å². The number of benzene rings is 2. The van der Waals surface area contributed by atoms with E-state index in [2.05, 4.69) is 40.2 Å². The van der Waals surface area contributed by atoms with Crippen molar-refractivity contribution in [2.45, 2.75) is 12.0 Å². The van der Waals surface area contributed by atoms with Gasteiger partial charge in [-0.25, -0.2) is 0 Å². The lowest BCUT2D eigenvalue weighted by Gasteiger charge is -2.26. The quantitative estimate of drug-likeness (QED) is 0.833. The van der Waals surface area contributed by atoms with Gasteiger partial charge in [-0.15, -0.1) is 0 Å². The Hall–Kier alpha value is -1.38. The first kappa shape index (κ1) is 11.7. The highest BCUT2D eigenvalue weighted by molar-refractivity contribution is 9.10. The van der Waals surface area contributed by atoms with Crippen LogP contribution in [-0.2, 0) is 0 Å². The molecule has 0 radical (unpaired) electrons. The normalized spacial score (nSPS) is 21.7. The summed E-state index contributed by atoms with van der Waals surface area (Å²) in [5.74, 6) is 0.0352. The molecule has 1 aliphatic rings. The van der Waals surface area contributed by atoms with E-state index in [1.54, 1.807) is 0 Å². The lowest BCUT2D eigenvalue weighted by atomic mass is 9.83. The number of rotatable bonds is 1. The van der Waals surface area contributed by atoms with Crippen molar-refractivity contribution in [2.24, 2.45) is 0 Å². The molecule has 1 nitrogen and oxygen atoms in total. The van der Waals surface area contributed by atoms with Crippen LogP contribution in [0.5, 0.6) is 0 Å². The smallest absolute Gasteiger partial charge is 0.0899 e. The summed E-state index contributed by atoms with van der Waals surface area (Å²) >= 11 is 3.43. The molecule has 0 aliphatic heterocycles. The van der Waals surface area contributed by atoms with Gasteiger partial charge in [0, 0.05) is 10.4 Å². The second kappa shape index (κ2) is 4.71. The third-order valence-corrected chi connectivity index (χ3v) is 3.92. The third kappa shape index (κ3) is 2.02. The summed E-state index contributed by atoms with van der Waals surface area (Å²) in [4.78, 5) is 0. The standard InChI is InChI=1S/C16H13BrO/c17-13-8-5-12(6-9-13)15-10-7-11-3-1-2-4-14(11)16(15)18/h1-10,15-16,18H/t15-,16?/m1/s1. The Morgan fingerprint density at radius 3 is 2.44 bits per heavy atom. The van der Waals surface area contributed by atoms with Crippen molar-refractivity contribution in [1.82, 2.24) is 0 Å². The number of halogens is 1. The average Bonchev–Trinajstić information content (AvgIpc) is 2.41. The van der Waals surface area contributed by atoms with Crippen molar-refractivity contribution in [2.75, 3.05) is 0 Å². The fourth-order valence-electron chi connectivity index (χ4n) is 2.42. The minimum atomic E-state index is -0.465. The topological polar surface area (TPSA) is 20.2 Å². The Morgan fingerprint density at radius 1 is 0.944 bits per heavy atom. The minimum Gasteiger partial charge on any atom is -0.387 e. The van der Waals surface area contributed by atoms with Gasteiger partial charge in [0.15, 0.2) is 0 Å². The molecule has 18 heavy (non-hydrogen) atoms. The lowest BCUT2D eigenvalue weighted by Crippen LogP contribution is -2.13. The molecule has 0 spiro atoms. The summed E-state index contributed by atoms with van der Waals surface area (Å²) in [6, 6.07) is 16.1. The molecule has 0 bridgehead atoms. The van der Waals surface area contributed by atoms with E-state index in [-0.39, 0.29) is 5.92 Å². The highest BCUT2D eigenvalue weighted by atomic mass is 79.9. The van der Waals surface area contributed by atoms with Gasteiger partial charge >= 0.3 is 0 Å². The molecule has 0 saturated carbocycles. The van der Waals surface area contributed by atoms with Gasteiger partial charge in [0.2, 0.25) is 0 Å². The zero-order valence-corrected chi connectivity index (χ0v) is 11.3. The van der Waals surface area contributed by atoms with Crippen molar-refractivity contribution in [1.29, 1.82) is 0 Å². The molecule has 2 aromatic carbocycles. The van der Waals surface area contributed by atoms with E-state index in [0.29, 0.717) is 0 Å². The molecule has 1 aliphatic carbocycles. The molecular formula is C16H13BrO. The summed E-state index contributed by atoms with van der Waals surface area (Å²) in [7, 11) is 0. The van der Waals surface area contributed by atoms with Crippen molar-refractivity contribution >= 4 is 22.0 Å². The first-order valence-corrected chi connectivity index (χ1v) is 6.75. The fraction of sp³-hybridized carbons (Fsp3) is 0.125. The fourth-order valence-corrected chi connectivity index (χ4v) is 2.68. The van der Waals surface area contributed by atoms with E-state index in [9.17, 15) is 5.11 Å². The van der Waals surface area contributed by atoms with Crippen molar-refractivity contribution in [3.8, 4) is 0 Å². The van der Waals surface area contributed by atoms with Crippen LogP contribution in [0.4, 0.5) is 0 Å². The lowest BCUT2D eigenvalue weighted by molar-refractivity contribution is 0.160. The number of aliphatic hydroxyl groups is 1. The van der Waals surface area contributed by atoms with Crippen LogP contribution >= 0.6 is 15.9 Å². The molecule has 90 valence electrons. The van der Waals surface area contributed by atoms with Gasteiger partial charge in [-0.05, 0) is 28.8 Å². The molecule has 2 atom stereocenters. The SMILES string of the molecule is OC1c2ccccc2C=C[C@@H]1c1ccc(Br)cc1. The van der Waals surface area contributed by atoms with Crippen molar-refractivity contribution in [3.05, 3.63) is 75.8 Å². The number of fused-ring (bicyclic) bond motifs is 1. The van der Waals surface area contributed by atoms with Gasteiger partial charge in [0.05, 0.1) is 6.10 Å². The largest absolute Gasteiger partial charge is 0.387 e. The van der Waals surface area contributed by atoms with Gasteiger partial charge in [0.25, 0.3) is 0 Å². The molecule has 0 heterocycles. The van der Waals surface area contributed by atoms with Gasteiger partial charge in [0.1, 0.15) is 0 Å². The average molecular weight is 301 g/mol. The Kier molecular flexibility index (Phi) is 3.06. The Balaban J connectivity index is 2.00. The third-order valence-electron chi connectivity index (χ3n) is 3.39. The van der Waals surface area contributed by atoms with Crippen LogP contribution in [0.3, 0.4) is 0 Å². The van der Waals surface area contributed by atoms with Crippen LogP contribution in [0.25, 0.3) is 6.08 Å². The number of aliphatic hydroxyl groups excluding tert-OH is 1. The molecule has 0 fully saturated rings. The zero-order valence-electron chi connectivity index (χ0n) is 9.75. The maximum atomic E-state index is 10.5. The van der Waals surface area contributed by atoms with E-state index in [0.717, 1.165) is 21.2 Å². The maximum Gasteiger partial charge on any atom is 0.0899 e. The second-order valence-corrected chi connectivity index (χ2v) is 5.43. The predicted molar refractivity (Wildman–Crippen MR) is 77.3 cm³/mol. The first-order valence-electron chi connectivity index (χ1n) is 5.96. The van der Waals surface area contributed by atoms with Crippen LogP contribution < -0.4 is 0 Å². The van der Waals surface area contributed by atoms with Crippen LogP contribution in [0.2, 0.25) is 0 Å². The molecule has 2 heteroatoms. The van der Waals surface area contributed by atoms with E-state index < -0.39 is 6.10 Å². The minimum absolute atomic E-state index is 0.0352. The van der Waals surface area contributed by atoms with Gasteiger partial charge < -0.3 is 5.11 Å². The van der Waals surface area contributed by atoms with E-state index in [1.165, 1.54) is 0 Å². The molecule has 3 rings (SSSR count). The van der Waals surface area contributed by atoms with Crippen molar-refractivity contribution in [3.63, 3.8) is 0 Å². The van der Waals surface area contributed by atoms with Crippen LogP contribution in [-0.4, -0.2) is 5.11 Å². The number of hydrogen-bond donors (Lipinski definition) is 1. The van der Waals surface area contributed by atoms with Gasteiger partial charge in [-0.2, -0.15) is 0 Å². The van der Waals surface area contributed by atoms with Crippen LogP contribution in [0.15, 0.2) is 59.1 Å². The predicted octanol–water partition coefficient (Wildman–Crippen LogP) is 4.29. The first-order chi connectivity index (χ1) is 8.75. The monoisotopic (exact) mass is 300 g/mol. The van der Waals surface area contributed by atoms with Crippen molar-refractivity contribution < 1.29 is 5.11 Å². The van der Waals surface area contributed by atoms with E-state index >= 15 is 0 Å². The second-order valence-electron chi connectivity index (χ2n) is 4.51.